The van der Waals surface area contributed by atoms with Gasteiger partial charge < -0.3 is 14.6 Å². The number of halogens is 2. The summed E-state index contributed by atoms with van der Waals surface area (Å²) in [7, 11) is 1.61. The molecule has 0 fully saturated rings. The molecule has 0 saturated carbocycles. The molecule has 0 bridgehead atoms. The number of nitrogens with zero attached hydrogens (tertiary/aromatic N) is 2. The van der Waals surface area contributed by atoms with Gasteiger partial charge in [0, 0.05) is 17.6 Å². The van der Waals surface area contributed by atoms with Gasteiger partial charge in [0.1, 0.15) is 11.6 Å². The van der Waals surface area contributed by atoms with Crippen molar-refractivity contribution in [2.45, 2.75) is 32.7 Å². The SMILES string of the molecule is COc1cc(C=C(CCCCl)C(=O)N[C@@H](C)c2ccc(F)cc2)ccc1-n1cnc(C)c1. The minimum absolute atomic E-state index is 0.180. The molecule has 1 atom stereocenters. The number of benzene rings is 2. The van der Waals surface area contributed by atoms with Gasteiger partial charge in [-0.15, -0.1) is 11.6 Å². The van der Waals surface area contributed by atoms with Crippen molar-refractivity contribution in [2.75, 3.05) is 13.0 Å². The van der Waals surface area contributed by atoms with E-state index in [-0.39, 0.29) is 17.8 Å². The summed E-state index contributed by atoms with van der Waals surface area (Å²) in [5, 5.41) is 3.00. The minimum Gasteiger partial charge on any atom is -0.495 e. The molecule has 168 valence electrons. The van der Waals surface area contributed by atoms with Crippen LogP contribution in [0.5, 0.6) is 5.75 Å². The lowest BCUT2D eigenvalue weighted by molar-refractivity contribution is -0.118. The lowest BCUT2D eigenvalue weighted by Gasteiger charge is -2.16. The first-order valence-corrected chi connectivity index (χ1v) is 11.0. The molecule has 2 aromatic carbocycles. The van der Waals surface area contributed by atoms with Crippen LogP contribution in [0.15, 0.2) is 60.6 Å². The van der Waals surface area contributed by atoms with Gasteiger partial charge in [0.05, 0.1) is 30.9 Å². The summed E-state index contributed by atoms with van der Waals surface area (Å²) in [6, 6.07) is 11.6. The number of carbonyl (C=O) groups excluding carboxylic acids is 1. The molecule has 3 aromatic rings. The maximum atomic E-state index is 13.2. The van der Waals surface area contributed by atoms with Crippen molar-refractivity contribution in [3.05, 3.63) is 83.2 Å². The lowest BCUT2D eigenvalue weighted by Crippen LogP contribution is -2.28. The molecule has 3 rings (SSSR count). The number of nitrogens with one attached hydrogen (secondary N) is 1. The van der Waals surface area contributed by atoms with Crippen LogP contribution >= 0.6 is 11.6 Å². The van der Waals surface area contributed by atoms with E-state index in [0.717, 1.165) is 22.5 Å². The van der Waals surface area contributed by atoms with Gasteiger partial charge >= 0.3 is 0 Å². The Morgan fingerprint density at radius 2 is 2.03 bits per heavy atom. The van der Waals surface area contributed by atoms with Gasteiger partial charge in [0.15, 0.2) is 0 Å². The fraction of sp³-hybridized carbons (Fsp3) is 0.280. The highest BCUT2D eigenvalue weighted by Gasteiger charge is 2.15. The Labute approximate surface area is 192 Å². The van der Waals surface area contributed by atoms with E-state index < -0.39 is 0 Å². The predicted molar refractivity (Wildman–Crippen MR) is 126 cm³/mol. The molecular formula is C25H27ClFN3O2. The van der Waals surface area contributed by atoms with Crippen molar-refractivity contribution >= 4 is 23.6 Å². The molecule has 0 spiro atoms. The monoisotopic (exact) mass is 455 g/mol. The Bertz CT molecular complexity index is 1090. The van der Waals surface area contributed by atoms with Gasteiger partial charge in [-0.2, -0.15) is 0 Å². The number of hydrogen-bond donors (Lipinski definition) is 1. The number of imidazole rings is 1. The molecule has 0 unspecified atom stereocenters. The van der Waals surface area contributed by atoms with Crippen molar-refractivity contribution in [3.63, 3.8) is 0 Å². The number of alkyl halides is 1. The third kappa shape index (κ3) is 5.98. The van der Waals surface area contributed by atoms with Crippen LogP contribution < -0.4 is 10.1 Å². The Kier molecular flexibility index (Phi) is 8.06. The number of aryl methyl sites for hydroxylation is 1. The van der Waals surface area contributed by atoms with Crippen LogP contribution in [-0.4, -0.2) is 28.4 Å². The molecule has 0 aliphatic heterocycles. The van der Waals surface area contributed by atoms with Crippen molar-refractivity contribution in [1.82, 2.24) is 14.9 Å². The van der Waals surface area contributed by atoms with Crippen molar-refractivity contribution in [2.24, 2.45) is 0 Å². The average molecular weight is 456 g/mol. The summed E-state index contributed by atoms with van der Waals surface area (Å²) in [6.45, 7) is 3.80. The van der Waals surface area contributed by atoms with Crippen molar-refractivity contribution < 1.29 is 13.9 Å². The van der Waals surface area contributed by atoms with Crippen molar-refractivity contribution in [1.29, 1.82) is 0 Å². The fourth-order valence-corrected chi connectivity index (χ4v) is 3.52. The first kappa shape index (κ1) is 23.5. The second kappa shape index (κ2) is 11.0. The summed E-state index contributed by atoms with van der Waals surface area (Å²) < 4.78 is 20.7. The number of methoxy groups -OCH3 is 1. The summed E-state index contributed by atoms with van der Waals surface area (Å²) in [5.74, 6) is 0.645. The number of aromatic nitrogens is 2. The van der Waals surface area contributed by atoms with E-state index >= 15 is 0 Å². The molecule has 1 heterocycles. The Morgan fingerprint density at radius 3 is 2.66 bits per heavy atom. The fourth-order valence-electron chi connectivity index (χ4n) is 3.38. The largest absolute Gasteiger partial charge is 0.495 e. The Morgan fingerprint density at radius 1 is 1.28 bits per heavy atom. The molecule has 0 aliphatic rings. The molecule has 5 nitrogen and oxygen atoms in total. The topological polar surface area (TPSA) is 56.1 Å². The zero-order valence-corrected chi connectivity index (χ0v) is 19.2. The second-order valence-corrected chi connectivity index (χ2v) is 7.94. The third-order valence-electron chi connectivity index (χ3n) is 5.12. The molecule has 32 heavy (non-hydrogen) atoms. The van der Waals surface area contributed by atoms with E-state index in [0.29, 0.717) is 30.0 Å². The highest BCUT2D eigenvalue weighted by molar-refractivity contribution is 6.17. The average Bonchev–Trinajstić information content (AvgIpc) is 3.22. The van der Waals surface area contributed by atoms with Crippen LogP contribution in [0.3, 0.4) is 0 Å². The molecule has 0 saturated heterocycles. The quantitative estimate of drug-likeness (QED) is 0.337. The normalized spacial score (nSPS) is 12.5. The van der Waals surface area contributed by atoms with E-state index in [1.807, 2.05) is 48.9 Å². The molecule has 1 N–H and O–H groups in total. The zero-order chi connectivity index (χ0) is 23.1. The molecule has 0 aliphatic carbocycles. The third-order valence-corrected chi connectivity index (χ3v) is 5.39. The van der Waals surface area contributed by atoms with Crippen LogP contribution in [0.2, 0.25) is 0 Å². The summed E-state index contributed by atoms with van der Waals surface area (Å²) >= 11 is 5.88. The number of amides is 1. The first-order chi connectivity index (χ1) is 15.4. The highest BCUT2D eigenvalue weighted by Crippen LogP contribution is 2.26. The summed E-state index contributed by atoms with van der Waals surface area (Å²) in [4.78, 5) is 17.3. The molecular weight excluding hydrogens is 429 g/mol. The van der Waals surface area contributed by atoms with E-state index in [2.05, 4.69) is 10.3 Å². The zero-order valence-electron chi connectivity index (χ0n) is 18.4. The van der Waals surface area contributed by atoms with E-state index in [1.54, 1.807) is 25.6 Å². The number of rotatable bonds is 9. The van der Waals surface area contributed by atoms with Crippen LogP contribution in [0, 0.1) is 12.7 Å². The Hall–Kier alpha value is -3.12. The van der Waals surface area contributed by atoms with Gasteiger partial charge in [-0.3, -0.25) is 4.79 Å². The van der Waals surface area contributed by atoms with Gasteiger partial charge in [-0.05, 0) is 68.2 Å². The standard InChI is InChI=1S/C25H27ClFN3O2/c1-17-15-30(16-28-17)23-11-6-19(14-24(23)32-3)13-21(5-4-12-26)25(31)29-18(2)20-7-9-22(27)10-8-20/h6-11,13-16,18H,4-5,12H2,1-3H3,(H,29,31)/t18-/m0/s1. The molecule has 1 amide bonds. The van der Waals surface area contributed by atoms with Gasteiger partial charge in [0.2, 0.25) is 5.91 Å². The van der Waals surface area contributed by atoms with Crippen LogP contribution in [0.25, 0.3) is 11.8 Å². The van der Waals surface area contributed by atoms with Crippen LogP contribution in [0.4, 0.5) is 4.39 Å². The lowest BCUT2D eigenvalue weighted by atomic mass is 10.0. The highest BCUT2D eigenvalue weighted by atomic mass is 35.5. The first-order valence-electron chi connectivity index (χ1n) is 10.4. The Balaban J connectivity index is 1.84. The number of carbonyl (C=O) groups is 1. The molecule has 7 heteroatoms. The van der Waals surface area contributed by atoms with Crippen molar-refractivity contribution in [3.8, 4) is 11.4 Å². The smallest absolute Gasteiger partial charge is 0.247 e. The van der Waals surface area contributed by atoms with Gasteiger partial charge in [-0.25, -0.2) is 9.37 Å². The molecule has 1 aromatic heterocycles. The maximum absolute atomic E-state index is 13.2. The van der Waals surface area contributed by atoms with Crippen LogP contribution in [0.1, 0.15) is 42.6 Å². The predicted octanol–water partition coefficient (Wildman–Crippen LogP) is 5.61. The van der Waals surface area contributed by atoms with E-state index in [9.17, 15) is 9.18 Å². The van der Waals surface area contributed by atoms with Crippen LogP contribution in [-0.2, 0) is 4.79 Å². The second-order valence-electron chi connectivity index (χ2n) is 7.56. The molecule has 0 radical (unpaired) electrons. The van der Waals surface area contributed by atoms with E-state index in [1.165, 1.54) is 12.1 Å². The van der Waals surface area contributed by atoms with E-state index in [4.69, 9.17) is 16.3 Å². The summed E-state index contributed by atoms with van der Waals surface area (Å²) in [6.07, 6.45) is 6.72. The number of hydrogen-bond acceptors (Lipinski definition) is 3. The summed E-state index contributed by atoms with van der Waals surface area (Å²) in [5.41, 5.74) is 4.07. The number of ether oxygens (including phenoxy) is 1. The van der Waals surface area contributed by atoms with Gasteiger partial charge in [-0.1, -0.05) is 18.2 Å². The maximum Gasteiger partial charge on any atom is 0.247 e. The van der Waals surface area contributed by atoms with Gasteiger partial charge in [0.25, 0.3) is 0 Å². The minimum atomic E-state index is -0.307.